The summed E-state index contributed by atoms with van der Waals surface area (Å²) in [6, 6.07) is 18.7. The van der Waals surface area contributed by atoms with Crippen LogP contribution in [0.3, 0.4) is 0 Å². The molecule has 3 unspecified atom stereocenters. The second-order valence-electron chi connectivity index (χ2n) is 7.29. The molecule has 0 aliphatic rings. The molecule has 0 heterocycles. The summed E-state index contributed by atoms with van der Waals surface area (Å²) in [5.74, 6) is -2.32. The number of nitrogens with one attached hydrogen (secondary N) is 1. The van der Waals surface area contributed by atoms with Crippen molar-refractivity contribution in [2.24, 2.45) is 5.92 Å². The first-order valence-corrected chi connectivity index (χ1v) is 12.2. The van der Waals surface area contributed by atoms with Gasteiger partial charge in [0.25, 0.3) is 0 Å². The number of carbonyl (C=O) groups excluding carboxylic acids is 2. The van der Waals surface area contributed by atoms with Gasteiger partial charge in [0.15, 0.2) is 0 Å². The van der Waals surface area contributed by atoms with Gasteiger partial charge in [-0.3, -0.25) is 9.36 Å². The second-order valence-corrected chi connectivity index (χ2v) is 9.94. The molecule has 0 aromatic heterocycles. The van der Waals surface area contributed by atoms with Crippen LogP contribution in [-0.2, 0) is 31.9 Å². The molecule has 2 aromatic rings. The topological polar surface area (TPSA) is 102 Å². The van der Waals surface area contributed by atoms with Crippen molar-refractivity contribution in [2.75, 3.05) is 12.8 Å². The van der Waals surface area contributed by atoms with E-state index in [0.29, 0.717) is 12.8 Å². The molecule has 3 atom stereocenters. The van der Waals surface area contributed by atoms with Crippen molar-refractivity contribution in [3.05, 3.63) is 71.8 Å². The molecule has 168 valence electrons. The Kier molecular flexibility index (Phi) is 9.76. The molecule has 0 radical (unpaired) electrons. The molecule has 2 N–H and O–H groups in total. The Balaban J connectivity index is 1.94. The highest BCUT2D eigenvalue weighted by molar-refractivity contribution is 7.58. The van der Waals surface area contributed by atoms with Gasteiger partial charge >= 0.3 is 12.1 Å². The first kappa shape index (κ1) is 24.6. The molecule has 2 rings (SSSR count). The van der Waals surface area contributed by atoms with E-state index < -0.39 is 31.1 Å². The largest absolute Gasteiger partial charge is 0.466 e. The van der Waals surface area contributed by atoms with E-state index in [2.05, 4.69) is 5.32 Å². The van der Waals surface area contributed by atoms with E-state index in [-0.39, 0.29) is 19.4 Å². The standard InChI is InChI=1S/C23H30NO6P/c1-3-29-22(25)21(15-14-19-10-6-4-7-11-19)17-31(27,28)18(2)24-23(26)30-16-20-12-8-5-9-13-20/h4-13,18,21H,3,14-17H2,1-2H3,(H,24,26)(H,27,28). The molecule has 0 bridgehead atoms. The van der Waals surface area contributed by atoms with Crippen molar-refractivity contribution < 1.29 is 28.5 Å². The Morgan fingerprint density at radius 3 is 2.16 bits per heavy atom. The summed E-state index contributed by atoms with van der Waals surface area (Å²) in [7, 11) is -3.90. The average molecular weight is 447 g/mol. The zero-order valence-electron chi connectivity index (χ0n) is 17.9. The Morgan fingerprint density at radius 2 is 1.58 bits per heavy atom. The first-order valence-electron chi connectivity index (χ1n) is 10.3. The molecular formula is C23H30NO6P. The van der Waals surface area contributed by atoms with E-state index in [4.69, 9.17) is 9.47 Å². The third-order valence-electron chi connectivity index (χ3n) is 4.87. The SMILES string of the molecule is CCOC(=O)C(CCc1ccccc1)CP(=O)(O)C(C)NC(=O)OCc1ccccc1. The molecule has 0 spiro atoms. The fraction of sp³-hybridized carbons (Fsp3) is 0.391. The van der Waals surface area contributed by atoms with Crippen molar-refractivity contribution >= 4 is 19.4 Å². The van der Waals surface area contributed by atoms with Gasteiger partial charge in [-0.05, 0) is 37.8 Å². The minimum atomic E-state index is -3.90. The van der Waals surface area contributed by atoms with Crippen molar-refractivity contribution in [3.8, 4) is 0 Å². The van der Waals surface area contributed by atoms with Gasteiger partial charge in [0.05, 0.1) is 12.5 Å². The van der Waals surface area contributed by atoms with Gasteiger partial charge in [0, 0.05) is 6.16 Å². The lowest BCUT2D eigenvalue weighted by molar-refractivity contribution is -0.147. The first-order chi connectivity index (χ1) is 14.8. The Labute approximate surface area is 183 Å². The maximum absolute atomic E-state index is 12.9. The van der Waals surface area contributed by atoms with E-state index in [1.165, 1.54) is 6.92 Å². The van der Waals surface area contributed by atoms with Crippen LogP contribution in [0.4, 0.5) is 4.79 Å². The van der Waals surface area contributed by atoms with E-state index in [0.717, 1.165) is 11.1 Å². The molecule has 7 nitrogen and oxygen atoms in total. The summed E-state index contributed by atoms with van der Waals surface area (Å²) in [5, 5.41) is 2.41. The predicted octanol–water partition coefficient (Wildman–Crippen LogP) is 4.34. The predicted molar refractivity (Wildman–Crippen MR) is 119 cm³/mol. The average Bonchev–Trinajstić information content (AvgIpc) is 2.76. The van der Waals surface area contributed by atoms with Gasteiger partial charge in [-0.2, -0.15) is 0 Å². The zero-order valence-corrected chi connectivity index (χ0v) is 18.8. The highest BCUT2D eigenvalue weighted by Gasteiger charge is 2.35. The van der Waals surface area contributed by atoms with Crippen LogP contribution in [0.1, 0.15) is 31.4 Å². The van der Waals surface area contributed by atoms with Crippen molar-refractivity contribution in [2.45, 2.75) is 39.1 Å². The number of ether oxygens (including phenoxy) is 2. The van der Waals surface area contributed by atoms with Gasteiger partial charge in [0.1, 0.15) is 12.4 Å². The zero-order chi connectivity index (χ0) is 22.7. The monoisotopic (exact) mass is 447 g/mol. The van der Waals surface area contributed by atoms with Gasteiger partial charge < -0.3 is 19.7 Å². The summed E-state index contributed by atoms with van der Waals surface area (Å²) in [6.45, 7) is 3.37. The smallest absolute Gasteiger partial charge is 0.408 e. The van der Waals surface area contributed by atoms with E-state index in [1.54, 1.807) is 6.92 Å². The number of carbonyl (C=O) groups is 2. The number of benzene rings is 2. The Hall–Kier alpha value is -2.63. The van der Waals surface area contributed by atoms with Crippen LogP contribution >= 0.6 is 7.37 Å². The second kappa shape index (κ2) is 12.3. The molecule has 0 saturated carbocycles. The molecule has 8 heteroatoms. The fourth-order valence-corrected chi connectivity index (χ4v) is 4.63. The molecular weight excluding hydrogens is 417 g/mol. The lowest BCUT2D eigenvalue weighted by Gasteiger charge is -2.24. The number of alkyl carbamates (subject to hydrolysis) is 1. The van der Waals surface area contributed by atoms with Gasteiger partial charge in [-0.15, -0.1) is 0 Å². The van der Waals surface area contributed by atoms with Crippen LogP contribution in [0, 0.1) is 5.92 Å². The van der Waals surface area contributed by atoms with Crippen LogP contribution in [0.15, 0.2) is 60.7 Å². The van der Waals surface area contributed by atoms with Gasteiger partial charge in [0.2, 0.25) is 7.37 Å². The van der Waals surface area contributed by atoms with Crippen molar-refractivity contribution in [1.82, 2.24) is 5.32 Å². The van der Waals surface area contributed by atoms with Crippen molar-refractivity contribution in [3.63, 3.8) is 0 Å². The van der Waals surface area contributed by atoms with Gasteiger partial charge in [-0.1, -0.05) is 60.7 Å². The van der Waals surface area contributed by atoms with Crippen LogP contribution < -0.4 is 5.32 Å². The Bertz CT molecular complexity index is 874. The minimum absolute atomic E-state index is 0.0532. The number of amides is 1. The quantitative estimate of drug-likeness (QED) is 0.392. The molecule has 31 heavy (non-hydrogen) atoms. The summed E-state index contributed by atoms with van der Waals surface area (Å²) >= 11 is 0. The fourth-order valence-electron chi connectivity index (χ4n) is 3.04. The molecule has 0 fully saturated rings. The summed E-state index contributed by atoms with van der Waals surface area (Å²) < 4.78 is 23.2. The van der Waals surface area contributed by atoms with Crippen LogP contribution in [0.2, 0.25) is 0 Å². The van der Waals surface area contributed by atoms with Gasteiger partial charge in [-0.25, -0.2) is 4.79 Å². The normalized spacial score (nSPS) is 14.7. The van der Waals surface area contributed by atoms with E-state index >= 15 is 0 Å². The number of hydrogen-bond acceptors (Lipinski definition) is 5. The number of esters is 1. The van der Waals surface area contributed by atoms with Crippen LogP contribution in [0.25, 0.3) is 0 Å². The molecule has 2 aromatic carbocycles. The number of aryl methyl sites for hydroxylation is 1. The highest BCUT2D eigenvalue weighted by atomic mass is 31.2. The Morgan fingerprint density at radius 1 is 1.00 bits per heavy atom. The summed E-state index contributed by atoms with van der Waals surface area (Å²) in [6.07, 6.45) is -0.120. The third kappa shape index (κ3) is 8.56. The lowest BCUT2D eigenvalue weighted by atomic mass is 10.0. The molecule has 1 amide bonds. The summed E-state index contributed by atoms with van der Waals surface area (Å²) in [5.41, 5.74) is 1.83. The molecule has 0 aliphatic heterocycles. The lowest BCUT2D eigenvalue weighted by Crippen LogP contribution is -2.35. The van der Waals surface area contributed by atoms with E-state index in [1.807, 2.05) is 60.7 Å². The van der Waals surface area contributed by atoms with E-state index in [9.17, 15) is 19.0 Å². The molecule has 0 aliphatic carbocycles. The van der Waals surface area contributed by atoms with Crippen LogP contribution in [-0.4, -0.2) is 35.5 Å². The van der Waals surface area contributed by atoms with Crippen molar-refractivity contribution in [1.29, 1.82) is 0 Å². The molecule has 0 saturated heterocycles. The third-order valence-corrected chi connectivity index (χ3v) is 7.17. The highest BCUT2D eigenvalue weighted by Crippen LogP contribution is 2.47. The maximum Gasteiger partial charge on any atom is 0.408 e. The maximum atomic E-state index is 12.9. The minimum Gasteiger partial charge on any atom is -0.466 e. The summed E-state index contributed by atoms with van der Waals surface area (Å²) in [4.78, 5) is 35.0. The number of rotatable bonds is 11. The number of hydrogen-bond donors (Lipinski definition) is 2. The van der Waals surface area contributed by atoms with Crippen LogP contribution in [0.5, 0.6) is 0 Å².